The molecule has 0 radical (unpaired) electrons. The first-order valence-electron chi connectivity index (χ1n) is 12.3. The number of carbonyl (C=O) groups is 1. The molecule has 0 bridgehead atoms. The highest BCUT2D eigenvalue weighted by Crippen LogP contribution is 2.39. The lowest BCUT2D eigenvalue weighted by Crippen LogP contribution is -2.38. The number of anilines is 1. The van der Waals surface area contributed by atoms with Crippen molar-refractivity contribution in [3.05, 3.63) is 125 Å². The second-order valence-corrected chi connectivity index (χ2v) is 9.62. The summed E-state index contributed by atoms with van der Waals surface area (Å²) in [5.74, 6) is 1.64. The number of aromatic nitrogens is 3. The number of para-hydroxylation sites is 1. The van der Waals surface area contributed by atoms with Crippen molar-refractivity contribution < 1.29 is 9.53 Å². The van der Waals surface area contributed by atoms with Gasteiger partial charge in [-0.05, 0) is 67.1 Å². The Morgan fingerprint density at radius 1 is 1.00 bits per heavy atom. The number of amides is 2. The number of aryl methyl sites for hydroxylation is 1. The van der Waals surface area contributed by atoms with Crippen LogP contribution in [0.4, 0.5) is 10.5 Å². The molecule has 2 aromatic heterocycles. The van der Waals surface area contributed by atoms with Gasteiger partial charge in [-0.1, -0.05) is 48.0 Å². The minimum atomic E-state index is -0.393. The van der Waals surface area contributed by atoms with Crippen molar-refractivity contribution in [2.75, 3.05) is 12.4 Å². The first-order valence-corrected chi connectivity index (χ1v) is 12.7. The average Bonchev–Trinajstić information content (AvgIpc) is 3.49. The van der Waals surface area contributed by atoms with E-state index < -0.39 is 6.04 Å². The van der Waals surface area contributed by atoms with Crippen LogP contribution in [-0.2, 0) is 6.54 Å². The van der Waals surface area contributed by atoms with Crippen molar-refractivity contribution in [1.82, 2.24) is 19.2 Å². The molecule has 0 aliphatic carbocycles. The maximum absolute atomic E-state index is 14.0. The van der Waals surface area contributed by atoms with E-state index in [1.807, 2.05) is 95.5 Å². The van der Waals surface area contributed by atoms with Gasteiger partial charge in [0.15, 0.2) is 0 Å². The molecule has 0 saturated heterocycles. The monoisotopic (exact) mass is 523 g/mol. The Bertz CT molecular complexity index is 1620. The standard InChI is InChI=1S/C30H26ClN5O2/c1-20-26-19-35(30(37)32-23-11-7-10-22(31)18-23)28(21-9-6-14-25(17-21)38-2)27-15-8-16-34(27)29(26)36(33-20)24-12-4-3-5-13-24/h3-18,28H,19H2,1-2H3,(H,32,37)/t28-/m1/s1. The number of hydrogen-bond acceptors (Lipinski definition) is 3. The number of methoxy groups -OCH3 is 1. The third kappa shape index (κ3) is 4.21. The van der Waals surface area contributed by atoms with Gasteiger partial charge in [0.25, 0.3) is 0 Å². The highest BCUT2D eigenvalue weighted by atomic mass is 35.5. The first kappa shape index (κ1) is 23.9. The summed E-state index contributed by atoms with van der Waals surface area (Å²) in [6.07, 6.45) is 2.03. The van der Waals surface area contributed by atoms with Crippen LogP contribution in [0.1, 0.15) is 28.6 Å². The number of fused-ring (bicyclic) bond motifs is 3. The number of rotatable bonds is 4. The summed E-state index contributed by atoms with van der Waals surface area (Å²) in [6, 6.07) is 28.5. The molecule has 2 amide bonds. The van der Waals surface area contributed by atoms with Gasteiger partial charge >= 0.3 is 6.03 Å². The van der Waals surface area contributed by atoms with Gasteiger partial charge in [0.1, 0.15) is 11.6 Å². The Labute approximate surface area is 225 Å². The Hall–Kier alpha value is -4.49. The molecule has 8 heteroatoms. The predicted molar refractivity (Wildman–Crippen MR) is 148 cm³/mol. The zero-order chi connectivity index (χ0) is 26.2. The molecule has 3 heterocycles. The maximum atomic E-state index is 14.0. The van der Waals surface area contributed by atoms with E-state index in [-0.39, 0.29) is 6.03 Å². The minimum absolute atomic E-state index is 0.243. The van der Waals surface area contributed by atoms with Crippen LogP contribution in [0.2, 0.25) is 5.02 Å². The van der Waals surface area contributed by atoms with Gasteiger partial charge in [-0.3, -0.25) is 0 Å². The number of hydrogen-bond donors (Lipinski definition) is 1. The molecule has 38 heavy (non-hydrogen) atoms. The summed E-state index contributed by atoms with van der Waals surface area (Å²) in [5, 5.41) is 8.51. The summed E-state index contributed by atoms with van der Waals surface area (Å²) in [6.45, 7) is 2.34. The molecular weight excluding hydrogens is 498 g/mol. The normalized spacial score (nSPS) is 14.4. The van der Waals surface area contributed by atoms with Gasteiger partial charge in [-0.25, -0.2) is 9.48 Å². The summed E-state index contributed by atoms with van der Waals surface area (Å²) in [7, 11) is 1.65. The molecule has 1 atom stereocenters. The molecule has 0 fully saturated rings. The maximum Gasteiger partial charge on any atom is 0.322 e. The molecule has 0 saturated carbocycles. The van der Waals surface area contributed by atoms with Crippen molar-refractivity contribution >= 4 is 23.3 Å². The topological polar surface area (TPSA) is 64.3 Å². The van der Waals surface area contributed by atoms with Crippen LogP contribution >= 0.6 is 11.6 Å². The molecule has 6 rings (SSSR count). The van der Waals surface area contributed by atoms with E-state index in [0.29, 0.717) is 17.3 Å². The fourth-order valence-corrected chi connectivity index (χ4v) is 5.26. The van der Waals surface area contributed by atoms with Gasteiger partial charge in [-0.2, -0.15) is 5.10 Å². The van der Waals surface area contributed by atoms with E-state index in [2.05, 4.69) is 16.0 Å². The molecular formula is C30H26ClN5O2. The summed E-state index contributed by atoms with van der Waals surface area (Å²) < 4.78 is 9.63. The summed E-state index contributed by atoms with van der Waals surface area (Å²) in [5.41, 5.74) is 5.28. The van der Waals surface area contributed by atoms with Crippen molar-refractivity contribution in [2.45, 2.75) is 19.5 Å². The molecule has 1 N–H and O–H groups in total. The fraction of sp³-hybridized carbons (Fsp3) is 0.133. The minimum Gasteiger partial charge on any atom is -0.497 e. The van der Waals surface area contributed by atoms with Gasteiger partial charge < -0.3 is 19.5 Å². The highest BCUT2D eigenvalue weighted by Gasteiger charge is 2.36. The van der Waals surface area contributed by atoms with E-state index >= 15 is 0 Å². The van der Waals surface area contributed by atoms with Crippen molar-refractivity contribution in [3.8, 4) is 17.3 Å². The zero-order valence-electron chi connectivity index (χ0n) is 21.0. The van der Waals surface area contributed by atoms with Gasteiger partial charge in [0.2, 0.25) is 0 Å². The van der Waals surface area contributed by atoms with Crippen LogP contribution in [-0.4, -0.2) is 32.4 Å². The quantitative estimate of drug-likeness (QED) is 0.283. The van der Waals surface area contributed by atoms with E-state index in [1.165, 1.54) is 0 Å². The average molecular weight is 524 g/mol. The molecule has 1 aliphatic heterocycles. The number of halogens is 1. The van der Waals surface area contributed by atoms with Crippen LogP contribution in [0, 0.1) is 6.92 Å². The number of ether oxygens (including phenoxy) is 1. The molecule has 190 valence electrons. The number of benzene rings is 3. The number of nitrogens with zero attached hydrogens (tertiary/aromatic N) is 4. The number of carbonyl (C=O) groups excluding carboxylic acids is 1. The third-order valence-electron chi connectivity index (χ3n) is 6.83. The van der Waals surface area contributed by atoms with Crippen molar-refractivity contribution in [3.63, 3.8) is 0 Å². The Morgan fingerprint density at radius 2 is 1.82 bits per heavy atom. The lowest BCUT2D eigenvalue weighted by molar-refractivity contribution is 0.194. The van der Waals surface area contributed by atoms with Crippen LogP contribution < -0.4 is 10.1 Å². The molecule has 0 unspecified atom stereocenters. The smallest absolute Gasteiger partial charge is 0.322 e. The zero-order valence-corrected chi connectivity index (χ0v) is 21.8. The van der Waals surface area contributed by atoms with Crippen LogP contribution in [0.5, 0.6) is 5.75 Å². The molecule has 0 spiro atoms. The molecule has 1 aliphatic rings. The Balaban J connectivity index is 1.54. The van der Waals surface area contributed by atoms with Crippen LogP contribution in [0.25, 0.3) is 11.5 Å². The lowest BCUT2D eigenvalue weighted by atomic mass is 10.0. The first-order chi connectivity index (χ1) is 18.5. The highest BCUT2D eigenvalue weighted by molar-refractivity contribution is 6.30. The largest absolute Gasteiger partial charge is 0.497 e. The van der Waals surface area contributed by atoms with Gasteiger partial charge in [-0.15, -0.1) is 0 Å². The number of urea groups is 1. The van der Waals surface area contributed by atoms with E-state index in [4.69, 9.17) is 21.4 Å². The Morgan fingerprint density at radius 3 is 2.61 bits per heavy atom. The summed E-state index contributed by atoms with van der Waals surface area (Å²) in [4.78, 5) is 15.8. The van der Waals surface area contributed by atoms with Gasteiger partial charge in [0.05, 0.1) is 36.8 Å². The van der Waals surface area contributed by atoms with E-state index in [9.17, 15) is 4.79 Å². The SMILES string of the molecule is COc1cccc([C@@H]2c3cccn3-c3c(c(C)nn3-c3ccccc3)CN2C(=O)Nc2cccc(Cl)c2)c1. The lowest BCUT2D eigenvalue weighted by Gasteiger charge is -2.31. The molecule has 3 aromatic carbocycles. The van der Waals surface area contributed by atoms with Crippen LogP contribution in [0.15, 0.2) is 97.2 Å². The van der Waals surface area contributed by atoms with Gasteiger partial charge in [0, 0.05) is 22.5 Å². The Kier molecular flexibility index (Phi) is 6.13. The van der Waals surface area contributed by atoms with E-state index in [1.54, 1.807) is 19.2 Å². The van der Waals surface area contributed by atoms with Crippen LogP contribution in [0.3, 0.4) is 0 Å². The predicted octanol–water partition coefficient (Wildman–Crippen LogP) is 6.77. The van der Waals surface area contributed by atoms with E-state index in [0.717, 1.165) is 39.8 Å². The second kappa shape index (κ2) is 9.76. The second-order valence-electron chi connectivity index (χ2n) is 9.19. The number of nitrogens with one attached hydrogen (secondary N) is 1. The van der Waals surface area contributed by atoms with Crippen molar-refractivity contribution in [2.24, 2.45) is 0 Å². The molecule has 7 nitrogen and oxygen atoms in total. The fourth-order valence-electron chi connectivity index (χ4n) is 5.07. The third-order valence-corrected chi connectivity index (χ3v) is 7.07. The molecule has 5 aromatic rings. The summed E-state index contributed by atoms with van der Waals surface area (Å²) >= 11 is 6.21. The van der Waals surface area contributed by atoms with Crippen molar-refractivity contribution in [1.29, 1.82) is 0 Å².